The first-order valence-corrected chi connectivity index (χ1v) is 17.7. The van der Waals surface area contributed by atoms with Crippen LogP contribution in [-0.4, -0.2) is 54.5 Å². The Morgan fingerprint density at radius 1 is 1.05 bits per heavy atom. The first-order chi connectivity index (χ1) is 21.3. The molecule has 1 aromatic heterocycles. The van der Waals surface area contributed by atoms with Crippen LogP contribution >= 0.6 is 32.9 Å². The van der Waals surface area contributed by atoms with E-state index in [1.165, 1.54) is 12.2 Å². The van der Waals surface area contributed by atoms with Gasteiger partial charge >= 0.3 is 17.9 Å². The summed E-state index contributed by atoms with van der Waals surface area (Å²) in [6, 6.07) is 9.90. The summed E-state index contributed by atoms with van der Waals surface area (Å²) in [5.74, 6) is -0.761. The monoisotopic (exact) mass is 660 g/mol. The fraction of sp³-hybridized carbons (Fsp3) is 0.515. The summed E-state index contributed by atoms with van der Waals surface area (Å²) in [6.07, 6.45) is 10.3. The molecule has 0 unspecified atom stereocenters. The summed E-state index contributed by atoms with van der Waals surface area (Å²) in [5, 5.41) is 10.7. The molecule has 0 spiro atoms. The molecule has 0 saturated heterocycles. The molecule has 1 aliphatic carbocycles. The summed E-state index contributed by atoms with van der Waals surface area (Å²) in [7, 11) is 3.25. The maximum absolute atomic E-state index is 12.5. The Morgan fingerprint density at radius 2 is 1.82 bits per heavy atom. The predicted molar refractivity (Wildman–Crippen MR) is 173 cm³/mol. The number of aliphatic hydroxyl groups excluding tert-OH is 1. The van der Waals surface area contributed by atoms with Gasteiger partial charge in [-0.1, -0.05) is 45.1 Å². The molecule has 1 N–H and O–H groups in total. The second kappa shape index (κ2) is 17.6. The number of esters is 3. The Labute approximate surface area is 271 Å². The lowest BCUT2D eigenvalue weighted by molar-refractivity contribution is -0.153. The van der Waals surface area contributed by atoms with Crippen molar-refractivity contribution in [2.24, 2.45) is 11.8 Å². The Morgan fingerprint density at radius 3 is 2.59 bits per heavy atom. The van der Waals surface area contributed by atoms with Crippen molar-refractivity contribution in [2.45, 2.75) is 83.0 Å². The van der Waals surface area contributed by atoms with Crippen molar-refractivity contribution < 1.29 is 38.4 Å². The number of carbonyl (C=O) groups is 3. The second-order valence-electron chi connectivity index (χ2n) is 11.2. The zero-order valence-electron chi connectivity index (χ0n) is 24.9. The zero-order chi connectivity index (χ0) is 31.3. The molecule has 4 rings (SSSR count). The van der Waals surface area contributed by atoms with Crippen molar-refractivity contribution in [3.63, 3.8) is 0 Å². The number of hydrogen-bond donors (Lipinski definition) is 1. The van der Waals surface area contributed by atoms with Gasteiger partial charge in [-0.15, -0.1) is 0 Å². The van der Waals surface area contributed by atoms with Gasteiger partial charge in [-0.2, -0.15) is 0 Å². The van der Waals surface area contributed by atoms with Gasteiger partial charge in [0.25, 0.3) is 0 Å². The lowest BCUT2D eigenvalue weighted by atomic mass is 9.90. The molecule has 1 aliphatic heterocycles. The van der Waals surface area contributed by atoms with E-state index >= 15 is 0 Å². The third kappa shape index (κ3) is 11.3. The highest BCUT2D eigenvalue weighted by Gasteiger charge is 2.38. The van der Waals surface area contributed by atoms with Crippen LogP contribution in [0.15, 0.2) is 54.6 Å². The number of rotatable bonds is 11. The van der Waals surface area contributed by atoms with E-state index in [9.17, 15) is 19.5 Å². The molecule has 11 heteroatoms. The van der Waals surface area contributed by atoms with E-state index in [0.717, 1.165) is 45.7 Å². The van der Waals surface area contributed by atoms with Crippen LogP contribution in [0.5, 0.6) is 5.75 Å². The van der Waals surface area contributed by atoms with Crippen LogP contribution in [0, 0.1) is 15.7 Å². The van der Waals surface area contributed by atoms with Crippen LogP contribution in [0.1, 0.15) is 64.7 Å². The number of aliphatic hydroxyl groups is 1. The van der Waals surface area contributed by atoms with Crippen molar-refractivity contribution in [1.29, 1.82) is 0 Å². The minimum Gasteiger partial charge on any atom is -0.494 e. The van der Waals surface area contributed by atoms with Gasteiger partial charge in [0, 0.05) is 11.0 Å². The minimum atomic E-state index is -0.865. The van der Waals surface area contributed by atoms with Gasteiger partial charge < -0.3 is 24.1 Å². The Balaban J connectivity index is 1.10. The minimum absolute atomic E-state index is 0.0159. The average Bonchev–Trinajstić information content (AvgIpc) is 3.62. The summed E-state index contributed by atoms with van der Waals surface area (Å²) in [5.41, 5.74) is 1.11. The maximum atomic E-state index is 12.5. The summed E-state index contributed by atoms with van der Waals surface area (Å²) >= 11 is 5.20. The third-order valence-electron chi connectivity index (χ3n) is 7.67. The highest BCUT2D eigenvalue weighted by atomic mass is 32.9. The molecular formula is C33H40O8S3. The molecule has 1 fully saturated rings. The molecule has 0 amide bonds. The molecule has 1 aromatic carbocycles. The van der Waals surface area contributed by atoms with Crippen molar-refractivity contribution in [3.05, 3.63) is 58.5 Å². The van der Waals surface area contributed by atoms with E-state index in [1.807, 2.05) is 37.3 Å². The standard InChI is InChI=1S/C33H40O8S3/c1-22-7-3-2-4-8-24-19-26(20-27(24)28(34)13-14-31(36)40-22)41-32(37)16-15-30(35)39-18-6-5-17-38-25-11-9-23(10-12-25)29-21-33(42)44-43-29/h4,8-14,21-22,24,26-28,34H,2-3,5-7,15-20H2,1H3/b8-4+,14-13+/t22-,24+,26-,27+,28+/m0/s1. The number of unbranched alkanes of at least 4 members (excludes halogenated alkanes) is 1. The van der Waals surface area contributed by atoms with Gasteiger partial charge in [0.05, 0.1) is 38.3 Å². The largest absolute Gasteiger partial charge is 0.494 e. The van der Waals surface area contributed by atoms with Gasteiger partial charge in [-0.05, 0) is 106 Å². The number of ether oxygens (including phenoxy) is 4. The maximum Gasteiger partial charge on any atom is 0.330 e. The summed E-state index contributed by atoms with van der Waals surface area (Å²) < 4.78 is 22.9. The van der Waals surface area contributed by atoms with Gasteiger partial charge in [0.1, 0.15) is 15.7 Å². The molecule has 44 heavy (non-hydrogen) atoms. The SMILES string of the molecule is C[C@H]1CCC/C=C/[C@@H]2C[C@H](OC(=O)CCC(=O)OCCCCOc3ccc(-c4cc(=S)ss4)cc3)C[C@H]2[C@H](O)/C=C/C(=O)O1. The Bertz CT molecular complexity index is 1350. The van der Waals surface area contributed by atoms with Gasteiger partial charge in [0.2, 0.25) is 0 Å². The number of fused-ring (bicyclic) bond motifs is 1. The second-order valence-corrected chi connectivity index (χ2v) is 14.1. The zero-order valence-corrected chi connectivity index (χ0v) is 27.3. The highest BCUT2D eigenvalue weighted by molar-refractivity contribution is 7.80. The van der Waals surface area contributed by atoms with Crippen molar-refractivity contribution >= 4 is 50.8 Å². The Hall–Kier alpha value is -2.86. The Kier molecular flexibility index (Phi) is 13.6. The van der Waals surface area contributed by atoms with Gasteiger partial charge in [-0.25, -0.2) is 4.79 Å². The molecule has 5 atom stereocenters. The molecule has 0 radical (unpaired) electrons. The van der Waals surface area contributed by atoms with Crippen LogP contribution < -0.4 is 4.74 Å². The van der Waals surface area contributed by atoms with Crippen molar-refractivity contribution in [2.75, 3.05) is 13.2 Å². The molecule has 8 nitrogen and oxygen atoms in total. The fourth-order valence-corrected chi connectivity index (χ4v) is 7.77. The molecule has 1 saturated carbocycles. The number of hydrogen-bond acceptors (Lipinski definition) is 11. The van der Waals surface area contributed by atoms with Crippen LogP contribution in [-0.2, 0) is 28.6 Å². The number of allylic oxidation sites excluding steroid dienone is 2. The van der Waals surface area contributed by atoms with E-state index < -0.39 is 24.0 Å². The molecular weight excluding hydrogens is 621 g/mol. The fourth-order valence-electron chi connectivity index (χ4n) is 5.36. The van der Waals surface area contributed by atoms with Crippen LogP contribution in [0.2, 0.25) is 0 Å². The van der Waals surface area contributed by atoms with E-state index in [-0.39, 0.29) is 43.5 Å². The number of benzene rings is 1. The summed E-state index contributed by atoms with van der Waals surface area (Å²) in [6.45, 7) is 2.63. The van der Waals surface area contributed by atoms with Crippen LogP contribution in [0.25, 0.3) is 10.4 Å². The molecule has 0 bridgehead atoms. The van der Waals surface area contributed by atoms with Gasteiger partial charge in [0.15, 0.2) is 0 Å². The lowest BCUT2D eigenvalue weighted by Crippen LogP contribution is -2.22. The van der Waals surface area contributed by atoms with Crippen LogP contribution in [0.4, 0.5) is 0 Å². The smallest absolute Gasteiger partial charge is 0.330 e. The number of carbonyl (C=O) groups excluding carboxylic acids is 3. The van der Waals surface area contributed by atoms with E-state index in [2.05, 4.69) is 12.2 Å². The molecule has 238 valence electrons. The molecule has 2 heterocycles. The summed E-state index contributed by atoms with van der Waals surface area (Å²) in [4.78, 5) is 37.8. The topological polar surface area (TPSA) is 108 Å². The van der Waals surface area contributed by atoms with Crippen molar-refractivity contribution in [3.8, 4) is 16.2 Å². The van der Waals surface area contributed by atoms with Crippen molar-refractivity contribution in [1.82, 2.24) is 0 Å². The van der Waals surface area contributed by atoms with E-state index in [4.69, 9.17) is 31.2 Å². The molecule has 2 aromatic rings. The predicted octanol–water partition coefficient (Wildman–Crippen LogP) is 7.22. The first kappa shape index (κ1) is 34.0. The average molecular weight is 661 g/mol. The number of cyclic esters (lactones) is 1. The normalized spacial score (nSPS) is 25.3. The van der Waals surface area contributed by atoms with Crippen LogP contribution in [0.3, 0.4) is 0 Å². The third-order valence-corrected chi connectivity index (χ3v) is 10.6. The van der Waals surface area contributed by atoms with E-state index in [1.54, 1.807) is 20.7 Å². The highest BCUT2D eigenvalue weighted by Crippen LogP contribution is 2.38. The lowest BCUT2D eigenvalue weighted by Gasteiger charge is -2.19. The van der Waals surface area contributed by atoms with E-state index in [0.29, 0.717) is 25.9 Å². The first-order valence-electron chi connectivity index (χ1n) is 15.2. The quantitative estimate of drug-likeness (QED) is 0.0668. The molecule has 2 aliphatic rings. The van der Waals surface area contributed by atoms with Gasteiger partial charge in [-0.3, -0.25) is 9.59 Å².